The molecule has 6 N–H and O–H groups in total. The Balaban J connectivity index is 1.09. The second-order valence-corrected chi connectivity index (χ2v) is 23.8. The number of amides is 2. The highest BCUT2D eigenvalue weighted by molar-refractivity contribution is 5.79. The third-order valence-corrected chi connectivity index (χ3v) is 15.4. The van der Waals surface area contributed by atoms with Gasteiger partial charge in [0.1, 0.15) is 18.8 Å². The van der Waals surface area contributed by atoms with Gasteiger partial charge in [-0.2, -0.15) is 0 Å². The van der Waals surface area contributed by atoms with Crippen LogP contribution in [0, 0.1) is 121 Å². The summed E-state index contributed by atoms with van der Waals surface area (Å²) in [6.45, 7) is 5.56. The van der Waals surface area contributed by atoms with E-state index in [0.29, 0.717) is 48.5 Å². The third-order valence-electron chi connectivity index (χ3n) is 15.4. The number of nitro groups is 12. The van der Waals surface area contributed by atoms with Gasteiger partial charge in [-0.3, -0.25) is 136 Å². The molecule has 114 heavy (non-hydrogen) atoms. The summed E-state index contributed by atoms with van der Waals surface area (Å²) in [6, 6.07) is 4.20. The Kier molecular flexibility index (Phi) is 39.5. The Morgan fingerprint density at radius 2 is 0.623 bits per heavy atom. The topological polar surface area (TPSA) is 714 Å². The number of nitrogens with one attached hydrogen (secondary N) is 6. The molecule has 0 radical (unpaired) electrons. The second-order valence-electron chi connectivity index (χ2n) is 23.8. The Bertz CT molecular complexity index is 3730. The van der Waals surface area contributed by atoms with Crippen LogP contribution in [0.1, 0.15) is 39.7 Å². The van der Waals surface area contributed by atoms with Gasteiger partial charge in [0.05, 0.1) is 198 Å². The van der Waals surface area contributed by atoms with E-state index in [9.17, 15) is 131 Å². The maximum atomic E-state index is 12.6. The predicted molar refractivity (Wildman–Crippen MR) is 388 cm³/mol. The fourth-order valence-corrected chi connectivity index (χ4v) is 9.99. The van der Waals surface area contributed by atoms with Crippen molar-refractivity contribution in [2.45, 2.75) is 65.1 Å². The molecule has 4 unspecified atom stereocenters. The van der Waals surface area contributed by atoms with Gasteiger partial charge in [-0.15, -0.1) is 0 Å². The quantitative estimate of drug-likeness (QED) is 0.0126. The molecule has 55 heteroatoms. The van der Waals surface area contributed by atoms with E-state index in [1.54, 1.807) is 27.7 Å². The molecule has 0 aromatic heterocycles. The molecule has 0 heterocycles. The number of ether oxygens (including phenoxy) is 9. The largest absolute Gasteiger partial charge is 0.447 e. The summed E-state index contributed by atoms with van der Waals surface area (Å²) >= 11 is 0. The van der Waals surface area contributed by atoms with Gasteiger partial charge in [-0.05, 0) is 34.1 Å². The van der Waals surface area contributed by atoms with Gasteiger partial charge in [0, 0.05) is 78.7 Å². The van der Waals surface area contributed by atoms with Crippen molar-refractivity contribution in [1.82, 2.24) is 25.8 Å². The van der Waals surface area contributed by atoms with Crippen molar-refractivity contribution in [3.8, 4) is 0 Å². The van der Waals surface area contributed by atoms with Crippen molar-refractivity contribution >= 4 is 97.5 Å². The highest BCUT2D eigenvalue weighted by Gasteiger charge is 2.35. The Morgan fingerprint density at radius 1 is 0.333 bits per heavy atom. The number of hydrogen-bond donors (Lipinski definition) is 6. The number of carbonyl (C=O) groups is 2. The van der Waals surface area contributed by atoms with E-state index in [4.69, 9.17) is 42.6 Å². The van der Waals surface area contributed by atoms with E-state index in [2.05, 4.69) is 31.9 Å². The normalized spacial score (nSPS) is 12.2. The van der Waals surface area contributed by atoms with Crippen molar-refractivity contribution in [2.24, 2.45) is 0 Å². The lowest BCUT2D eigenvalue weighted by Gasteiger charge is -2.23. The van der Waals surface area contributed by atoms with Gasteiger partial charge in [-0.25, -0.2) is 9.59 Å². The van der Waals surface area contributed by atoms with Crippen LogP contribution in [0.25, 0.3) is 0 Å². The number of carbonyl (C=O) groups excluding carboxylic acids is 2. The summed E-state index contributed by atoms with van der Waals surface area (Å²) in [4.78, 5) is 155. The van der Waals surface area contributed by atoms with Crippen molar-refractivity contribution in [3.05, 3.63) is 175 Å². The maximum Gasteiger partial charge on any atom is 0.407 e. The van der Waals surface area contributed by atoms with E-state index in [0.717, 1.165) is 0 Å². The molecule has 0 bridgehead atoms. The van der Waals surface area contributed by atoms with E-state index in [1.807, 2.05) is 0 Å². The molecule has 0 aliphatic carbocycles. The first-order chi connectivity index (χ1) is 54.0. The standard InChI is InChI=1S/C59H80N20O35/c1-38(33-108-17-16-106-19-22-110-58(80)64-6-5-11-67(15-9-63-57-53(78(102)103)30-45(71(88)89)31-54(57)79(104)105)37-60-32-46-47(72(90)91)24-42(68(82)83)25-48(46)73(92)93)112-35-40(3)114-36-41(4)113-34-39(2)109-21-18-107-20-23-111-59(81)65-10-14-66(12-7-61-55-49(74(94)95)26-43(69(84)85)27-50(55)75(96)97)13-8-62-56-51(76(98)99)28-44(70(86)87)29-52(56)77(100)101/h24-31,38-41,60-63H,5-23,32-37H2,1-4H3,(H,64,80)(H,65,81). The molecule has 4 rings (SSSR count). The summed E-state index contributed by atoms with van der Waals surface area (Å²) < 4.78 is 50.1. The number of non-ortho nitro benzene ring substituents is 4. The van der Waals surface area contributed by atoms with Gasteiger partial charge < -0.3 is 69.2 Å². The number of rotatable bonds is 59. The van der Waals surface area contributed by atoms with Crippen LogP contribution in [0.15, 0.2) is 48.5 Å². The molecule has 0 aliphatic rings. The predicted octanol–water partition coefficient (Wildman–Crippen LogP) is 6.09. The minimum atomic E-state index is -1.08. The van der Waals surface area contributed by atoms with Crippen molar-refractivity contribution in [1.29, 1.82) is 0 Å². The van der Waals surface area contributed by atoms with Gasteiger partial charge in [-0.1, -0.05) is 0 Å². The number of nitrogens with zero attached hydrogens (tertiary/aromatic N) is 14. The van der Waals surface area contributed by atoms with Gasteiger partial charge >= 0.3 is 46.3 Å². The zero-order valence-corrected chi connectivity index (χ0v) is 61.2. The van der Waals surface area contributed by atoms with Gasteiger partial charge in [0.15, 0.2) is 17.1 Å². The first-order valence-corrected chi connectivity index (χ1v) is 33.8. The molecule has 0 spiro atoms. The summed E-state index contributed by atoms with van der Waals surface area (Å²) in [5.41, 5.74) is -14.1. The highest BCUT2D eigenvalue weighted by Crippen LogP contribution is 2.41. The molecule has 4 aromatic rings. The lowest BCUT2D eigenvalue weighted by atomic mass is 10.1. The van der Waals surface area contributed by atoms with Crippen LogP contribution in [-0.4, -0.2) is 257 Å². The van der Waals surface area contributed by atoms with Crippen molar-refractivity contribution < 1.29 is 111 Å². The molecule has 4 aromatic carbocycles. The lowest BCUT2D eigenvalue weighted by molar-refractivity contribution is -0.404. The smallest absolute Gasteiger partial charge is 0.407 e. The number of benzene rings is 4. The van der Waals surface area contributed by atoms with E-state index >= 15 is 0 Å². The zero-order chi connectivity index (χ0) is 84.7. The van der Waals surface area contributed by atoms with E-state index in [1.165, 1.54) is 9.80 Å². The van der Waals surface area contributed by atoms with Crippen LogP contribution in [0.4, 0.5) is 94.9 Å². The molecule has 0 saturated heterocycles. The van der Waals surface area contributed by atoms with Crippen molar-refractivity contribution in [2.75, 3.05) is 167 Å². The minimum Gasteiger partial charge on any atom is -0.447 e. The molecule has 55 nitrogen and oxygen atoms in total. The number of hydrogen-bond acceptors (Lipinski definition) is 41. The van der Waals surface area contributed by atoms with Crippen LogP contribution in [0.3, 0.4) is 0 Å². The first-order valence-electron chi connectivity index (χ1n) is 33.8. The fraction of sp³-hybridized carbons (Fsp3) is 0.559. The number of alkyl carbamates (subject to hydrolysis) is 2. The fourth-order valence-electron chi connectivity index (χ4n) is 9.99. The molecule has 0 saturated carbocycles. The number of nitro benzene ring substituents is 12. The van der Waals surface area contributed by atoms with Crippen LogP contribution in [0.5, 0.6) is 0 Å². The highest BCUT2D eigenvalue weighted by atomic mass is 16.7. The monoisotopic (exact) mass is 1630 g/mol. The summed E-state index contributed by atoms with van der Waals surface area (Å²) in [5.74, 6) is 0. The van der Waals surface area contributed by atoms with Crippen LogP contribution >= 0.6 is 0 Å². The molecule has 0 fully saturated rings. The minimum absolute atomic E-state index is 0.0158. The van der Waals surface area contributed by atoms with E-state index in [-0.39, 0.29) is 182 Å². The second kappa shape index (κ2) is 48.1. The molecule has 0 aliphatic heterocycles. The molecule has 626 valence electrons. The van der Waals surface area contributed by atoms with Crippen LogP contribution in [-0.2, 0) is 49.2 Å². The SMILES string of the molecule is CC(COCCOCCOC(=O)NCCCN(CCNc1c([N+](=O)[O-])cc([N+](=O)[O-])cc1[N+](=O)[O-])CNCc1c([N+](=O)[O-])cc([N+](=O)[O-])cc1[N+](=O)[O-])OCC(C)OCC(C)OCC(C)OCCOCCOC(=O)NCCN(CCNc1c([N+](=O)[O-])cc([N+](=O)[O-])cc1[N+](=O)[O-])CCNc1c([N+](=O)[O-])cc([N+](=O)[O-])cc1[N+](=O)[O-]. The Hall–Kier alpha value is -12.8. The summed E-state index contributed by atoms with van der Waals surface area (Å²) in [6.07, 6.45) is -2.99. The van der Waals surface area contributed by atoms with Crippen molar-refractivity contribution in [3.63, 3.8) is 0 Å². The maximum absolute atomic E-state index is 12.6. The molecular formula is C59H80N20O35. The molecule has 2 amide bonds. The summed E-state index contributed by atoms with van der Waals surface area (Å²) in [5, 5.41) is 155. The van der Waals surface area contributed by atoms with Crippen LogP contribution in [0.2, 0.25) is 0 Å². The average Bonchev–Trinajstić information content (AvgIpc) is 0.821. The molecule has 4 atom stereocenters. The van der Waals surface area contributed by atoms with Gasteiger partial charge in [0.25, 0.3) is 34.1 Å². The lowest BCUT2D eigenvalue weighted by Crippen LogP contribution is -2.40. The van der Waals surface area contributed by atoms with Crippen LogP contribution < -0.4 is 31.9 Å². The Morgan fingerprint density at radius 3 is 0.974 bits per heavy atom. The summed E-state index contributed by atoms with van der Waals surface area (Å²) in [7, 11) is 0. The third kappa shape index (κ3) is 32.3. The first kappa shape index (κ1) is 93.6. The average molecular weight is 1630 g/mol. The molecular weight excluding hydrogens is 1550 g/mol. The van der Waals surface area contributed by atoms with E-state index < -0.39 is 169 Å². The van der Waals surface area contributed by atoms with Gasteiger partial charge in [0.2, 0.25) is 0 Å². The zero-order valence-electron chi connectivity index (χ0n) is 61.2. The number of anilines is 3. The Labute approximate surface area is 640 Å².